The molecular formula is C27H32N2O9. The van der Waals surface area contributed by atoms with Gasteiger partial charge in [-0.25, -0.2) is 0 Å². The van der Waals surface area contributed by atoms with Crippen LogP contribution in [0.15, 0.2) is 18.2 Å². The Hall–Kier alpha value is -3.59. The zero-order valence-corrected chi connectivity index (χ0v) is 21.8. The van der Waals surface area contributed by atoms with Gasteiger partial charge in [0.15, 0.2) is 0 Å². The molecule has 0 aromatic heterocycles. The lowest BCUT2D eigenvalue weighted by atomic mass is 10.0. The summed E-state index contributed by atoms with van der Waals surface area (Å²) in [6, 6.07) is 3.73. The topological polar surface area (TPSA) is 138 Å². The number of nitrogens with one attached hydrogen (secondary N) is 1. The monoisotopic (exact) mass is 528 g/mol. The van der Waals surface area contributed by atoms with Crippen molar-refractivity contribution in [2.24, 2.45) is 0 Å². The van der Waals surface area contributed by atoms with Crippen LogP contribution in [-0.2, 0) is 33.3 Å². The number of hydrogen-bond acceptors (Lipinski definition) is 9. The third-order valence-corrected chi connectivity index (χ3v) is 5.48. The van der Waals surface area contributed by atoms with E-state index in [2.05, 4.69) is 17.2 Å². The van der Waals surface area contributed by atoms with Crippen LogP contribution in [0.1, 0.15) is 66.3 Å². The number of nitrogens with zero attached hydrogens (tertiary/aromatic N) is 1. The molecule has 0 bridgehead atoms. The molecule has 1 aromatic rings. The first-order valence-electron chi connectivity index (χ1n) is 12.4. The van der Waals surface area contributed by atoms with Crippen LogP contribution in [0.4, 0.5) is 0 Å². The van der Waals surface area contributed by atoms with Gasteiger partial charge in [0.05, 0.1) is 50.6 Å². The van der Waals surface area contributed by atoms with Gasteiger partial charge in [-0.05, 0) is 39.3 Å². The van der Waals surface area contributed by atoms with Gasteiger partial charge >= 0.3 is 5.97 Å². The van der Waals surface area contributed by atoms with Gasteiger partial charge in [-0.1, -0.05) is 17.9 Å². The molecule has 11 nitrogen and oxygen atoms in total. The number of piperidine rings is 1. The summed E-state index contributed by atoms with van der Waals surface area (Å²) in [5.74, 6) is 3.10. The van der Waals surface area contributed by atoms with Gasteiger partial charge in [-0.2, -0.15) is 0 Å². The van der Waals surface area contributed by atoms with Crippen molar-refractivity contribution in [2.45, 2.75) is 51.7 Å². The standard InChI is InChI=1S/C27H32N2O9/c1-27(2,3)38-22(31)11-13-36-15-17-37-16-14-35-12-5-7-18-6-4-8-19-23(18)26(34)29(25(19)33)20-9-10-21(30)28-24(20)32/h4,6,8,20H,9-17H2,1-3H3,(H,28,30,32). The van der Waals surface area contributed by atoms with Crippen LogP contribution in [0, 0.1) is 11.8 Å². The SMILES string of the molecule is CC(C)(C)OC(=O)CCOCCOCCOCC#Cc1cccc2c1C(=O)N(C1CCC(=O)NC1=O)C2=O. The highest BCUT2D eigenvalue weighted by atomic mass is 16.6. The Labute approximate surface area is 221 Å². The highest BCUT2D eigenvalue weighted by Crippen LogP contribution is 2.29. The predicted molar refractivity (Wildman–Crippen MR) is 133 cm³/mol. The maximum absolute atomic E-state index is 13.0. The van der Waals surface area contributed by atoms with Crippen LogP contribution in [-0.4, -0.2) is 85.8 Å². The average Bonchev–Trinajstić information content (AvgIpc) is 3.09. The third-order valence-electron chi connectivity index (χ3n) is 5.48. The van der Waals surface area contributed by atoms with E-state index in [9.17, 15) is 24.0 Å². The Morgan fingerprint density at radius 1 is 1.00 bits per heavy atom. The Balaban J connectivity index is 1.37. The van der Waals surface area contributed by atoms with Crippen LogP contribution in [0.25, 0.3) is 0 Å². The minimum Gasteiger partial charge on any atom is -0.460 e. The molecule has 204 valence electrons. The molecule has 2 aliphatic heterocycles. The molecule has 1 unspecified atom stereocenters. The zero-order valence-electron chi connectivity index (χ0n) is 21.8. The molecule has 11 heteroatoms. The molecule has 1 saturated heterocycles. The van der Waals surface area contributed by atoms with Gasteiger partial charge in [0.25, 0.3) is 11.8 Å². The smallest absolute Gasteiger partial charge is 0.308 e. The fourth-order valence-corrected chi connectivity index (χ4v) is 3.86. The molecular weight excluding hydrogens is 496 g/mol. The molecule has 3 rings (SSSR count). The van der Waals surface area contributed by atoms with Crippen molar-refractivity contribution in [3.63, 3.8) is 0 Å². The summed E-state index contributed by atoms with van der Waals surface area (Å²) in [4.78, 5) is 62.0. The average molecular weight is 529 g/mol. The number of carbonyl (C=O) groups is 5. The number of imide groups is 2. The van der Waals surface area contributed by atoms with Gasteiger partial charge in [0.1, 0.15) is 18.2 Å². The Bertz CT molecular complexity index is 1140. The summed E-state index contributed by atoms with van der Waals surface area (Å²) in [6.07, 6.45) is 0.322. The molecule has 1 atom stereocenters. The summed E-state index contributed by atoms with van der Waals surface area (Å²) in [6.45, 7) is 7.07. The number of amides is 4. The van der Waals surface area contributed by atoms with E-state index in [0.717, 1.165) is 4.90 Å². The lowest BCUT2D eigenvalue weighted by Gasteiger charge is -2.27. The number of ether oxygens (including phenoxy) is 4. The normalized spacial score (nSPS) is 17.1. The molecule has 2 heterocycles. The molecule has 1 fully saturated rings. The minimum atomic E-state index is -1.03. The molecule has 0 saturated carbocycles. The molecule has 0 spiro atoms. The first-order valence-corrected chi connectivity index (χ1v) is 12.4. The highest BCUT2D eigenvalue weighted by molar-refractivity contribution is 6.24. The largest absolute Gasteiger partial charge is 0.460 e. The lowest BCUT2D eigenvalue weighted by molar-refractivity contribution is -0.156. The summed E-state index contributed by atoms with van der Waals surface area (Å²) in [7, 11) is 0. The number of benzene rings is 1. The summed E-state index contributed by atoms with van der Waals surface area (Å²) in [5, 5.41) is 2.17. The van der Waals surface area contributed by atoms with Gasteiger partial charge < -0.3 is 18.9 Å². The second-order valence-corrected chi connectivity index (χ2v) is 9.59. The van der Waals surface area contributed by atoms with E-state index in [1.807, 2.05) is 20.8 Å². The summed E-state index contributed by atoms with van der Waals surface area (Å²) in [5.41, 5.74) is 0.166. The number of rotatable bonds is 11. The minimum absolute atomic E-state index is 0.0542. The molecule has 1 N–H and O–H groups in total. The number of esters is 1. The van der Waals surface area contributed by atoms with Crippen LogP contribution in [0.2, 0.25) is 0 Å². The Kier molecular flexibility index (Phi) is 10.1. The molecule has 0 aliphatic carbocycles. The second kappa shape index (κ2) is 13.3. The van der Waals surface area contributed by atoms with E-state index >= 15 is 0 Å². The lowest BCUT2D eigenvalue weighted by Crippen LogP contribution is -2.54. The van der Waals surface area contributed by atoms with Crippen molar-refractivity contribution in [1.82, 2.24) is 10.2 Å². The van der Waals surface area contributed by atoms with Crippen LogP contribution < -0.4 is 5.32 Å². The zero-order chi connectivity index (χ0) is 27.7. The van der Waals surface area contributed by atoms with Crippen molar-refractivity contribution in [3.05, 3.63) is 34.9 Å². The van der Waals surface area contributed by atoms with Crippen molar-refractivity contribution < 1.29 is 42.9 Å². The van der Waals surface area contributed by atoms with Gasteiger partial charge in [-0.3, -0.25) is 34.2 Å². The summed E-state index contributed by atoms with van der Waals surface area (Å²) >= 11 is 0. The van der Waals surface area contributed by atoms with E-state index in [1.54, 1.807) is 12.1 Å². The van der Waals surface area contributed by atoms with Crippen molar-refractivity contribution in [3.8, 4) is 11.8 Å². The Morgan fingerprint density at radius 2 is 1.68 bits per heavy atom. The van der Waals surface area contributed by atoms with E-state index in [0.29, 0.717) is 32.0 Å². The fraction of sp³-hybridized carbons (Fsp3) is 0.519. The van der Waals surface area contributed by atoms with Crippen LogP contribution in [0.3, 0.4) is 0 Å². The van der Waals surface area contributed by atoms with Gasteiger partial charge in [-0.15, -0.1) is 0 Å². The van der Waals surface area contributed by atoms with Crippen molar-refractivity contribution in [1.29, 1.82) is 0 Å². The maximum atomic E-state index is 13.0. The Morgan fingerprint density at radius 3 is 2.37 bits per heavy atom. The number of carbonyl (C=O) groups excluding carboxylic acids is 5. The second-order valence-electron chi connectivity index (χ2n) is 9.59. The van der Waals surface area contributed by atoms with Crippen LogP contribution in [0.5, 0.6) is 0 Å². The van der Waals surface area contributed by atoms with E-state index in [-0.39, 0.29) is 49.6 Å². The van der Waals surface area contributed by atoms with Gasteiger partial charge in [0.2, 0.25) is 11.8 Å². The molecule has 38 heavy (non-hydrogen) atoms. The van der Waals surface area contributed by atoms with E-state index < -0.39 is 35.3 Å². The predicted octanol–water partition coefficient (Wildman–Crippen LogP) is 1.22. The molecule has 0 radical (unpaired) electrons. The van der Waals surface area contributed by atoms with Crippen molar-refractivity contribution in [2.75, 3.05) is 39.6 Å². The molecule has 1 aromatic carbocycles. The summed E-state index contributed by atoms with van der Waals surface area (Å²) < 4.78 is 21.4. The molecule has 2 aliphatic rings. The maximum Gasteiger partial charge on any atom is 0.308 e. The first kappa shape index (κ1) is 29.0. The van der Waals surface area contributed by atoms with Gasteiger partial charge in [0, 0.05) is 12.0 Å². The number of fused-ring (bicyclic) bond motifs is 1. The van der Waals surface area contributed by atoms with Crippen LogP contribution >= 0.6 is 0 Å². The fourth-order valence-electron chi connectivity index (χ4n) is 3.86. The highest BCUT2D eigenvalue weighted by Gasteiger charge is 2.45. The first-order chi connectivity index (χ1) is 18.1. The third kappa shape index (κ3) is 7.95. The van der Waals surface area contributed by atoms with Crippen molar-refractivity contribution >= 4 is 29.6 Å². The van der Waals surface area contributed by atoms with E-state index in [4.69, 9.17) is 18.9 Å². The number of hydrogen-bond donors (Lipinski definition) is 1. The molecule has 4 amide bonds. The quantitative estimate of drug-likeness (QED) is 0.194. The van der Waals surface area contributed by atoms with E-state index in [1.165, 1.54) is 6.07 Å².